The molecule has 4 heteroatoms. The molecule has 4 nitrogen and oxygen atoms in total. The fourth-order valence-electron chi connectivity index (χ4n) is 2.73. The van der Waals surface area contributed by atoms with Gasteiger partial charge in [-0.05, 0) is 35.7 Å². The molecule has 0 saturated heterocycles. The first-order chi connectivity index (χ1) is 12.7. The summed E-state index contributed by atoms with van der Waals surface area (Å²) >= 11 is 0. The average Bonchev–Trinajstić information content (AvgIpc) is 2.69. The van der Waals surface area contributed by atoms with Gasteiger partial charge in [-0.15, -0.1) is 0 Å². The lowest BCUT2D eigenvalue weighted by Gasteiger charge is -2.09. The Morgan fingerprint density at radius 3 is 2.42 bits per heavy atom. The standard InChI is InChI=1S/C22H19N3O/c1-17(22(26)24-21-9-5-8-20(15-21)16-23)25-12-10-19(11-13-25)14-18-6-3-2-4-7-18/h2-13,15,17H,14H2,1H3/p+1/t17-/m0/s1. The zero-order valence-corrected chi connectivity index (χ0v) is 14.6. The van der Waals surface area contributed by atoms with Gasteiger partial charge in [0, 0.05) is 24.7 Å². The van der Waals surface area contributed by atoms with E-state index in [0.717, 1.165) is 6.42 Å². The van der Waals surface area contributed by atoms with Crippen molar-refractivity contribution in [2.75, 3.05) is 5.32 Å². The first kappa shape index (κ1) is 17.4. The number of pyridine rings is 1. The summed E-state index contributed by atoms with van der Waals surface area (Å²) < 4.78 is 1.87. The summed E-state index contributed by atoms with van der Waals surface area (Å²) in [5.74, 6) is -0.124. The monoisotopic (exact) mass is 342 g/mol. The van der Waals surface area contributed by atoms with Crippen molar-refractivity contribution in [3.63, 3.8) is 0 Å². The summed E-state index contributed by atoms with van der Waals surface area (Å²) in [6, 6.07) is 23.0. The molecule has 128 valence electrons. The van der Waals surface area contributed by atoms with Crippen molar-refractivity contribution in [2.45, 2.75) is 19.4 Å². The molecule has 1 N–H and O–H groups in total. The summed E-state index contributed by atoms with van der Waals surface area (Å²) in [5, 5.41) is 11.8. The van der Waals surface area contributed by atoms with Crippen molar-refractivity contribution < 1.29 is 9.36 Å². The Morgan fingerprint density at radius 2 is 1.73 bits per heavy atom. The van der Waals surface area contributed by atoms with Crippen LogP contribution in [0, 0.1) is 11.3 Å². The van der Waals surface area contributed by atoms with Gasteiger partial charge in [0.05, 0.1) is 11.6 Å². The number of nitriles is 1. The Kier molecular flexibility index (Phi) is 5.40. The molecule has 0 aliphatic carbocycles. The van der Waals surface area contributed by atoms with E-state index in [4.69, 9.17) is 5.26 Å². The minimum atomic E-state index is -0.355. The van der Waals surface area contributed by atoms with Gasteiger partial charge in [0.15, 0.2) is 12.4 Å². The van der Waals surface area contributed by atoms with Crippen molar-refractivity contribution in [3.8, 4) is 6.07 Å². The average molecular weight is 342 g/mol. The van der Waals surface area contributed by atoms with E-state index >= 15 is 0 Å². The fraction of sp³-hybridized carbons (Fsp3) is 0.136. The Balaban J connectivity index is 1.66. The number of benzene rings is 2. The van der Waals surface area contributed by atoms with Crippen molar-refractivity contribution >= 4 is 11.6 Å². The molecule has 1 heterocycles. The van der Waals surface area contributed by atoms with Crippen LogP contribution in [-0.2, 0) is 11.2 Å². The molecule has 0 aliphatic heterocycles. The highest BCUT2D eigenvalue weighted by molar-refractivity contribution is 5.92. The minimum absolute atomic E-state index is 0.124. The largest absolute Gasteiger partial charge is 0.320 e. The van der Waals surface area contributed by atoms with Gasteiger partial charge in [-0.1, -0.05) is 36.4 Å². The maximum atomic E-state index is 12.5. The molecule has 0 aliphatic rings. The van der Waals surface area contributed by atoms with Gasteiger partial charge >= 0.3 is 0 Å². The summed E-state index contributed by atoms with van der Waals surface area (Å²) in [4.78, 5) is 12.5. The molecule has 0 saturated carbocycles. The lowest BCUT2D eigenvalue weighted by molar-refractivity contribution is -0.705. The maximum Gasteiger partial charge on any atom is 0.293 e. The van der Waals surface area contributed by atoms with E-state index in [9.17, 15) is 4.79 Å². The Labute approximate surface area is 153 Å². The van der Waals surface area contributed by atoms with Crippen LogP contribution in [-0.4, -0.2) is 5.91 Å². The molecule has 3 aromatic rings. The third-order valence-electron chi connectivity index (χ3n) is 4.26. The van der Waals surface area contributed by atoms with E-state index in [-0.39, 0.29) is 11.9 Å². The number of amides is 1. The summed E-state index contributed by atoms with van der Waals surface area (Å²) in [7, 11) is 0. The molecule has 1 atom stereocenters. The van der Waals surface area contributed by atoms with Crippen LogP contribution in [0.4, 0.5) is 5.69 Å². The predicted octanol–water partition coefficient (Wildman–Crippen LogP) is 3.64. The van der Waals surface area contributed by atoms with Crippen LogP contribution in [0.1, 0.15) is 29.7 Å². The topological polar surface area (TPSA) is 56.8 Å². The van der Waals surface area contributed by atoms with Gasteiger partial charge in [0.1, 0.15) is 0 Å². The van der Waals surface area contributed by atoms with Gasteiger partial charge in [-0.3, -0.25) is 4.79 Å². The number of rotatable bonds is 5. The van der Waals surface area contributed by atoms with Gasteiger partial charge in [0.2, 0.25) is 6.04 Å². The summed E-state index contributed by atoms with van der Waals surface area (Å²) in [5.41, 5.74) is 3.60. The van der Waals surface area contributed by atoms with Gasteiger partial charge in [-0.2, -0.15) is 9.83 Å². The molecule has 0 unspecified atom stereocenters. The van der Waals surface area contributed by atoms with Crippen LogP contribution in [0.3, 0.4) is 0 Å². The number of nitrogens with one attached hydrogen (secondary N) is 1. The van der Waals surface area contributed by atoms with E-state index in [1.54, 1.807) is 24.3 Å². The summed E-state index contributed by atoms with van der Waals surface area (Å²) in [6.07, 6.45) is 4.71. The lowest BCUT2D eigenvalue weighted by atomic mass is 10.1. The molecule has 1 amide bonds. The van der Waals surface area contributed by atoms with Gasteiger partial charge in [-0.25, -0.2) is 0 Å². The Hall–Kier alpha value is -3.45. The van der Waals surface area contributed by atoms with Crippen LogP contribution in [0.2, 0.25) is 0 Å². The van der Waals surface area contributed by atoms with Gasteiger partial charge < -0.3 is 5.32 Å². The van der Waals surface area contributed by atoms with Crippen LogP contribution in [0.5, 0.6) is 0 Å². The number of nitrogens with zero attached hydrogens (tertiary/aromatic N) is 2. The van der Waals surface area contributed by atoms with Crippen LogP contribution >= 0.6 is 0 Å². The van der Waals surface area contributed by atoms with Crippen LogP contribution in [0.25, 0.3) is 0 Å². The molecule has 26 heavy (non-hydrogen) atoms. The highest BCUT2D eigenvalue weighted by Crippen LogP contribution is 2.12. The number of aromatic nitrogens is 1. The molecular formula is C22H20N3O+. The highest BCUT2D eigenvalue weighted by Gasteiger charge is 2.21. The molecule has 0 spiro atoms. The molecule has 1 aromatic heterocycles. The predicted molar refractivity (Wildman–Crippen MR) is 100 cm³/mol. The fourth-order valence-corrected chi connectivity index (χ4v) is 2.73. The lowest BCUT2D eigenvalue weighted by Crippen LogP contribution is -2.44. The van der Waals surface area contributed by atoms with E-state index in [0.29, 0.717) is 11.3 Å². The first-order valence-electron chi connectivity index (χ1n) is 8.50. The zero-order valence-electron chi connectivity index (χ0n) is 14.6. The van der Waals surface area contributed by atoms with Crippen molar-refractivity contribution in [3.05, 3.63) is 95.8 Å². The quantitative estimate of drug-likeness (QED) is 0.720. The number of hydrogen-bond donors (Lipinski definition) is 1. The smallest absolute Gasteiger partial charge is 0.293 e. The summed E-state index contributed by atoms with van der Waals surface area (Å²) in [6.45, 7) is 1.85. The normalized spacial score (nSPS) is 11.4. The molecule has 0 fully saturated rings. The van der Waals surface area contributed by atoms with Crippen LogP contribution in [0.15, 0.2) is 79.1 Å². The van der Waals surface area contributed by atoms with Gasteiger partial charge in [0.25, 0.3) is 5.91 Å². The third-order valence-corrected chi connectivity index (χ3v) is 4.26. The molecule has 0 bridgehead atoms. The second-order valence-electron chi connectivity index (χ2n) is 6.17. The SMILES string of the molecule is C[C@@H](C(=O)Nc1cccc(C#N)c1)[n+]1ccc(Cc2ccccc2)cc1. The Morgan fingerprint density at radius 1 is 1.04 bits per heavy atom. The van der Waals surface area contributed by atoms with Crippen molar-refractivity contribution in [1.29, 1.82) is 5.26 Å². The maximum absolute atomic E-state index is 12.5. The molecule has 0 radical (unpaired) electrons. The van der Waals surface area contributed by atoms with E-state index in [1.807, 2.05) is 54.2 Å². The van der Waals surface area contributed by atoms with Crippen molar-refractivity contribution in [1.82, 2.24) is 0 Å². The number of carbonyl (C=O) groups excluding carboxylic acids is 1. The molecule has 2 aromatic carbocycles. The van der Waals surface area contributed by atoms with Crippen LogP contribution < -0.4 is 9.88 Å². The molecular weight excluding hydrogens is 322 g/mol. The number of hydrogen-bond acceptors (Lipinski definition) is 2. The minimum Gasteiger partial charge on any atom is -0.320 e. The van der Waals surface area contributed by atoms with E-state index < -0.39 is 0 Å². The second kappa shape index (κ2) is 8.09. The zero-order chi connectivity index (χ0) is 18.4. The first-order valence-corrected chi connectivity index (χ1v) is 8.50. The third kappa shape index (κ3) is 4.34. The second-order valence-corrected chi connectivity index (χ2v) is 6.17. The Bertz CT molecular complexity index is 928. The number of carbonyl (C=O) groups is 1. The molecule has 3 rings (SSSR count). The van der Waals surface area contributed by atoms with E-state index in [1.165, 1.54) is 11.1 Å². The van der Waals surface area contributed by atoms with E-state index in [2.05, 4.69) is 23.5 Å². The highest BCUT2D eigenvalue weighted by atomic mass is 16.2. The number of anilines is 1. The van der Waals surface area contributed by atoms with Crippen molar-refractivity contribution in [2.24, 2.45) is 0 Å².